The molecule has 7 nitrogen and oxygen atoms in total. The first-order valence-corrected chi connectivity index (χ1v) is 8.56. The van der Waals surface area contributed by atoms with Crippen LogP contribution in [0.15, 0.2) is 36.7 Å². The summed E-state index contributed by atoms with van der Waals surface area (Å²) in [4.78, 5) is 14.5. The summed E-state index contributed by atoms with van der Waals surface area (Å²) in [6.07, 6.45) is 4.18. The molecule has 3 heterocycles. The van der Waals surface area contributed by atoms with Crippen molar-refractivity contribution in [3.05, 3.63) is 65.3 Å². The van der Waals surface area contributed by atoms with Crippen LogP contribution in [0.5, 0.6) is 0 Å². The molecule has 1 aliphatic rings. The third kappa shape index (κ3) is 2.98. The third-order valence-corrected chi connectivity index (χ3v) is 4.69. The molecular formula is C18H19FN6O. The Bertz CT molecular complexity index is 913. The number of aryl methyl sites for hydroxylation is 1. The first kappa shape index (κ1) is 16.4. The van der Waals surface area contributed by atoms with Crippen molar-refractivity contribution in [1.29, 1.82) is 0 Å². The lowest BCUT2D eigenvalue weighted by atomic mass is 10.1. The molecule has 1 amide bonds. The summed E-state index contributed by atoms with van der Waals surface area (Å²) in [6.45, 7) is 3.85. The van der Waals surface area contributed by atoms with Gasteiger partial charge in [-0.2, -0.15) is 5.10 Å². The van der Waals surface area contributed by atoms with E-state index >= 15 is 0 Å². The molecule has 0 fully saturated rings. The van der Waals surface area contributed by atoms with E-state index in [4.69, 9.17) is 0 Å². The van der Waals surface area contributed by atoms with Crippen molar-refractivity contribution in [2.24, 2.45) is 0 Å². The summed E-state index contributed by atoms with van der Waals surface area (Å²) < 4.78 is 18.0. The Morgan fingerprint density at radius 1 is 1.19 bits per heavy atom. The second-order valence-corrected chi connectivity index (χ2v) is 6.36. The molecule has 0 saturated heterocycles. The van der Waals surface area contributed by atoms with E-state index in [1.165, 1.54) is 6.07 Å². The molecule has 0 N–H and O–H groups in total. The lowest BCUT2D eigenvalue weighted by molar-refractivity contribution is 0.0753. The monoisotopic (exact) mass is 354 g/mol. The fraction of sp³-hybridized carbons (Fsp3) is 0.333. The van der Waals surface area contributed by atoms with E-state index in [1.54, 1.807) is 34.8 Å². The highest BCUT2D eigenvalue weighted by Gasteiger charge is 2.25. The van der Waals surface area contributed by atoms with E-state index in [0.29, 0.717) is 38.2 Å². The highest BCUT2D eigenvalue weighted by Crippen LogP contribution is 2.18. The van der Waals surface area contributed by atoms with Gasteiger partial charge in [-0.15, -0.1) is 10.2 Å². The molecule has 134 valence electrons. The van der Waals surface area contributed by atoms with Crippen LogP contribution in [0.4, 0.5) is 4.39 Å². The Hall–Kier alpha value is -3.03. The molecule has 0 aliphatic carbocycles. The number of nitrogens with zero attached hydrogens (tertiary/aromatic N) is 6. The van der Waals surface area contributed by atoms with Gasteiger partial charge in [0.2, 0.25) is 0 Å². The molecule has 0 radical (unpaired) electrons. The van der Waals surface area contributed by atoms with E-state index in [2.05, 4.69) is 15.3 Å². The van der Waals surface area contributed by atoms with Gasteiger partial charge in [-0.1, -0.05) is 12.1 Å². The number of carbonyl (C=O) groups excluding carboxylic acids is 1. The fourth-order valence-corrected chi connectivity index (χ4v) is 3.30. The van der Waals surface area contributed by atoms with Crippen molar-refractivity contribution >= 4 is 5.91 Å². The quantitative estimate of drug-likeness (QED) is 0.717. The second-order valence-electron chi connectivity index (χ2n) is 6.36. The van der Waals surface area contributed by atoms with Crippen LogP contribution < -0.4 is 0 Å². The van der Waals surface area contributed by atoms with Crippen LogP contribution in [0, 0.1) is 12.7 Å². The molecule has 1 aromatic carbocycles. The zero-order valence-electron chi connectivity index (χ0n) is 14.5. The number of aromatic nitrogens is 5. The van der Waals surface area contributed by atoms with Crippen LogP contribution in [0.2, 0.25) is 0 Å². The Kier molecular flexibility index (Phi) is 4.24. The number of benzene rings is 1. The minimum absolute atomic E-state index is 0.155. The van der Waals surface area contributed by atoms with Crippen LogP contribution in [0.3, 0.4) is 0 Å². The van der Waals surface area contributed by atoms with Gasteiger partial charge in [-0.25, -0.2) is 4.39 Å². The second kappa shape index (κ2) is 6.70. The minimum Gasteiger partial charge on any atom is -0.336 e. The van der Waals surface area contributed by atoms with Crippen molar-refractivity contribution in [2.45, 2.75) is 26.4 Å². The van der Waals surface area contributed by atoms with Crippen LogP contribution in [0.1, 0.15) is 27.6 Å². The van der Waals surface area contributed by atoms with Crippen LogP contribution >= 0.6 is 0 Å². The van der Waals surface area contributed by atoms with Crippen LogP contribution in [-0.4, -0.2) is 48.4 Å². The van der Waals surface area contributed by atoms with Gasteiger partial charge in [-0.05, 0) is 24.6 Å². The predicted octanol–water partition coefficient (Wildman–Crippen LogP) is 1.67. The summed E-state index contributed by atoms with van der Waals surface area (Å²) >= 11 is 0. The molecule has 0 saturated carbocycles. The number of carbonyl (C=O) groups is 1. The van der Waals surface area contributed by atoms with E-state index in [0.717, 1.165) is 11.6 Å². The fourth-order valence-electron chi connectivity index (χ4n) is 3.30. The van der Waals surface area contributed by atoms with Gasteiger partial charge in [0.05, 0.1) is 5.56 Å². The van der Waals surface area contributed by atoms with Gasteiger partial charge in [-0.3, -0.25) is 9.48 Å². The zero-order valence-corrected chi connectivity index (χ0v) is 14.5. The maximum atomic E-state index is 14.2. The SMILES string of the molecule is Cc1cccc(F)c1C(=O)N1CCc2nnc(Cn3cccn3)n2CC1. The lowest BCUT2D eigenvalue weighted by Crippen LogP contribution is -2.34. The average Bonchev–Trinajstić information content (AvgIpc) is 3.21. The Labute approximate surface area is 150 Å². The van der Waals surface area contributed by atoms with Crippen LogP contribution in [0.25, 0.3) is 0 Å². The first-order chi connectivity index (χ1) is 12.6. The summed E-state index contributed by atoms with van der Waals surface area (Å²) in [5.41, 5.74) is 0.806. The lowest BCUT2D eigenvalue weighted by Gasteiger charge is -2.21. The molecule has 0 unspecified atom stereocenters. The topological polar surface area (TPSA) is 68.8 Å². The zero-order chi connectivity index (χ0) is 18.1. The van der Waals surface area contributed by atoms with Crippen LogP contribution in [-0.2, 0) is 19.5 Å². The van der Waals surface area contributed by atoms with Gasteiger partial charge in [0.25, 0.3) is 5.91 Å². The summed E-state index contributed by atoms with van der Waals surface area (Å²) in [6, 6.07) is 6.56. The van der Waals surface area contributed by atoms with Crippen molar-refractivity contribution in [3.63, 3.8) is 0 Å². The smallest absolute Gasteiger partial charge is 0.257 e. The van der Waals surface area contributed by atoms with Crippen molar-refractivity contribution in [1.82, 2.24) is 29.4 Å². The number of hydrogen-bond donors (Lipinski definition) is 0. The Morgan fingerprint density at radius 3 is 2.85 bits per heavy atom. The van der Waals surface area contributed by atoms with Crippen molar-refractivity contribution in [3.8, 4) is 0 Å². The molecular weight excluding hydrogens is 335 g/mol. The normalized spacial score (nSPS) is 14.2. The number of halogens is 1. The van der Waals surface area contributed by atoms with Gasteiger partial charge in [0, 0.05) is 38.4 Å². The maximum absolute atomic E-state index is 14.2. The summed E-state index contributed by atoms with van der Waals surface area (Å²) in [7, 11) is 0. The van der Waals surface area contributed by atoms with E-state index in [1.807, 2.05) is 16.8 Å². The van der Waals surface area contributed by atoms with Gasteiger partial charge in [0.15, 0.2) is 5.82 Å². The van der Waals surface area contributed by atoms with Crippen molar-refractivity contribution < 1.29 is 9.18 Å². The number of fused-ring (bicyclic) bond motifs is 1. The molecule has 8 heteroatoms. The molecule has 4 rings (SSSR count). The predicted molar refractivity (Wildman–Crippen MR) is 92.1 cm³/mol. The Morgan fingerprint density at radius 2 is 2.08 bits per heavy atom. The van der Waals surface area contributed by atoms with E-state index < -0.39 is 5.82 Å². The third-order valence-electron chi connectivity index (χ3n) is 4.69. The molecule has 0 atom stereocenters. The summed E-state index contributed by atoms with van der Waals surface area (Å²) in [5.74, 6) is 0.902. The Balaban J connectivity index is 1.53. The summed E-state index contributed by atoms with van der Waals surface area (Å²) in [5, 5.41) is 12.7. The van der Waals surface area contributed by atoms with Gasteiger partial charge in [0.1, 0.15) is 18.2 Å². The molecule has 26 heavy (non-hydrogen) atoms. The van der Waals surface area contributed by atoms with Gasteiger partial charge < -0.3 is 9.47 Å². The first-order valence-electron chi connectivity index (χ1n) is 8.56. The van der Waals surface area contributed by atoms with E-state index in [-0.39, 0.29) is 11.5 Å². The standard InChI is InChI=1S/C18H19FN6O/c1-13-4-2-5-14(19)17(13)18(26)23-9-6-15-21-22-16(25(15)11-10-23)12-24-8-3-7-20-24/h2-5,7-8H,6,9-12H2,1H3. The molecule has 3 aromatic rings. The minimum atomic E-state index is -0.474. The maximum Gasteiger partial charge on any atom is 0.257 e. The largest absolute Gasteiger partial charge is 0.336 e. The number of rotatable bonds is 3. The number of amides is 1. The highest BCUT2D eigenvalue weighted by atomic mass is 19.1. The highest BCUT2D eigenvalue weighted by molar-refractivity contribution is 5.96. The van der Waals surface area contributed by atoms with E-state index in [9.17, 15) is 9.18 Å². The molecule has 0 spiro atoms. The average molecular weight is 354 g/mol. The molecule has 1 aliphatic heterocycles. The van der Waals surface area contributed by atoms with Crippen molar-refractivity contribution in [2.75, 3.05) is 13.1 Å². The molecule has 0 bridgehead atoms. The molecule has 2 aromatic heterocycles. The van der Waals surface area contributed by atoms with Gasteiger partial charge >= 0.3 is 0 Å². The number of hydrogen-bond acceptors (Lipinski definition) is 4.